The number of benzene rings is 1. The summed E-state index contributed by atoms with van der Waals surface area (Å²) >= 11 is 0. The normalized spacial score (nSPS) is 15.2. The number of hydrogen-bond acceptors (Lipinski definition) is 3. The van der Waals surface area contributed by atoms with Gasteiger partial charge in [-0.2, -0.15) is 13.2 Å². The SMILES string of the molecule is CN(C(=O)c1cccc(C(F)(F)F)c1NN)C1CC1. The van der Waals surface area contributed by atoms with Gasteiger partial charge in [0, 0.05) is 13.1 Å². The molecule has 0 aliphatic heterocycles. The fourth-order valence-corrected chi connectivity index (χ4v) is 1.94. The van der Waals surface area contributed by atoms with E-state index in [1.807, 2.05) is 5.43 Å². The molecule has 0 radical (unpaired) electrons. The van der Waals surface area contributed by atoms with Crippen molar-refractivity contribution >= 4 is 11.6 Å². The van der Waals surface area contributed by atoms with Crippen LogP contribution in [0.2, 0.25) is 0 Å². The largest absolute Gasteiger partial charge is 0.418 e. The Kier molecular flexibility index (Phi) is 3.40. The molecule has 0 saturated heterocycles. The molecule has 0 spiro atoms. The average molecular weight is 273 g/mol. The van der Waals surface area contributed by atoms with E-state index in [-0.39, 0.29) is 17.3 Å². The van der Waals surface area contributed by atoms with Crippen molar-refractivity contribution in [3.8, 4) is 0 Å². The number of carbonyl (C=O) groups excluding carboxylic acids is 1. The molecule has 1 aromatic rings. The van der Waals surface area contributed by atoms with Crippen LogP contribution in [0.15, 0.2) is 18.2 Å². The lowest BCUT2D eigenvalue weighted by atomic mass is 10.1. The van der Waals surface area contributed by atoms with Gasteiger partial charge in [-0.1, -0.05) is 6.07 Å². The first-order chi connectivity index (χ1) is 8.86. The number of nitrogens with zero attached hydrogens (tertiary/aromatic N) is 1. The van der Waals surface area contributed by atoms with E-state index in [2.05, 4.69) is 0 Å². The Bertz CT molecular complexity index is 497. The Labute approximate surface area is 108 Å². The van der Waals surface area contributed by atoms with Gasteiger partial charge in [-0.15, -0.1) is 0 Å². The Morgan fingerprint density at radius 3 is 2.53 bits per heavy atom. The monoisotopic (exact) mass is 273 g/mol. The number of para-hydroxylation sites is 1. The van der Waals surface area contributed by atoms with Crippen LogP contribution in [0.4, 0.5) is 18.9 Å². The number of hydrazine groups is 1. The minimum Gasteiger partial charge on any atom is -0.339 e. The number of nitrogen functional groups attached to an aromatic ring is 1. The topological polar surface area (TPSA) is 58.4 Å². The highest BCUT2D eigenvalue weighted by atomic mass is 19.4. The van der Waals surface area contributed by atoms with E-state index in [1.54, 1.807) is 7.05 Å². The number of carbonyl (C=O) groups is 1. The molecule has 0 bridgehead atoms. The van der Waals surface area contributed by atoms with E-state index in [0.717, 1.165) is 18.9 Å². The molecule has 19 heavy (non-hydrogen) atoms. The average Bonchev–Trinajstić information content (AvgIpc) is 3.19. The minimum absolute atomic E-state index is 0.0632. The van der Waals surface area contributed by atoms with Crippen molar-refractivity contribution in [1.82, 2.24) is 4.90 Å². The third kappa shape index (κ3) is 2.65. The first-order valence-electron chi connectivity index (χ1n) is 5.80. The molecule has 104 valence electrons. The molecule has 1 saturated carbocycles. The first kappa shape index (κ1) is 13.7. The standard InChI is InChI=1S/C12H14F3N3O/c1-18(7-5-6-7)11(19)8-3-2-4-9(10(8)17-16)12(13,14)15/h2-4,7,17H,5-6,16H2,1H3. The number of alkyl halides is 3. The molecule has 1 aliphatic rings. The Morgan fingerprint density at radius 2 is 2.05 bits per heavy atom. The summed E-state index contributed by atoms with van der Waals surface area (Å²) in [5.41, 5.74) is 0.613. The summed E-state index contributed by atoms with van der Waals surface area (Å²) in [6.07, 6.45) is -2.80. The molecule has 7 heteroatoms. The summed E-state index contributed by atoms with van der Waals surface area (Å²) in [5.74, 6) is 4.70. The summed E-state index contributed by atoms with van der Waals surface area (Å²) in [4.78, 5) is 13.6. The smallest absolute Gasteiger partial charge is 0.339 e. The van der Waals surface area contributed by atoms with Gasteiger partial charge in [-0.3, -0.25) is 10.6 Å². The van der Waals surface area contributed by atoms with Crippen molar-refractivity contribution < 1.29 is 18.0 Å². The molecule has 1 fully saturated rings. The van der Waals surface area contributed by atoms with E-state index < -0.39 is 17.6 Å². The Balaban J connectivity index is 2.42. The molecule has 0 heterocycles. The second kappa shape index (κ2) is 4.73. The van der Waals surface area contributed by atoms with Crippen LogP contribution in [0, 0.1) is 0 Å². The molecule has 3 N–H and O–H groups in total. The molecule has 2 rings (SSSR count). The number of hydrogen-bond donors (Lipinski definition) is 2. The minimum atomic E-state index is -4.56. The van der Waals surface area contributed by atoms with Crippen molar-refractivity contribution in [2.75, 3.05) is 12.5 Å². The van der Waals surface area contributed by atoms with Crippen molar-refractivity contribution in [3.05, 3.63) is 29.3 Å². The molecule has 1 aromatic carbocycles. The van der Waals surface area contributed by atoms with Gasteiger partial charge in [-0.25, -0.2) is 0 Å². The van der Waals surface area contributed by atoms with Crippen molar-refractivity contribution in [1.29, 1.82) is 0 Å². The molecule has 1 aliphatic carbocycles. The number of nitrogens with two attached hydrogens (primary N) is 1. The van der Waals surface area contributed by atoms with Crippen LogP contribution in [0.5, 0.6) is 0 Å². The Hall–Kier alpha value is -1.76. The van der Waals surface area contributed by atoms with E-state index in [1.165, 1.54) is 17.0 Å². The van der Waals surface area contributed by atoms with E-state index >= 15 is 0 Å². The zero-order chi connectivity index (χ0) is 14.2. The number of amides is 1. The fourth-order valence-electron chi connectivity index (χ4n) is 1.94. The van der Waals surface area contributed by atoms with Gasteiger partial charge in [0.25, 0.3) is 5.91 Å². The number of nitrogens with one attached hydrogen (secondary N) is 1. The van der Waals surface area contributed by atoms with Crippen LogP contribution in [0.3, 0.4) is 0 Å². The summed E-state index contributed by atoms with van der Waals surface area (Å²) in [5, 5.41) is 0. The van der Waals surface area contributed by atoms with Crippen LogP contribution in [-0.4, -0.2) is 23.9 Å². The molecule has 1 amide bonds. The van der Waals surface area contributed by atoms with Gasteiger partial charge in [0.2, 0.25) is 0 Å². The lowest BCUT2D eigenvalue weighted by Gasteiger charge is -2.20. The maximum Gasteiger partial charge on any atom is 0.418 e. The zero-order valence-corrected chi connectivity index (χ0v) is 10.3. The second-order valence-corrected chi connectivity index (χ2v) is 4.52. The lowest BCUT2D eigenvalue weighted by Crippen LogP contribution is -2.30. The zero-order valence-electron chi connectivity index (χ0n) is 10.3. The summed E-state index contributed by atoms with van der Waals surface area (Å²) in [7, 11) is 1.58. The van der Waals surface area contributed by atoms with Crippen LogP contribution in [-0.2, 0) is 6.18 Å². The third-order valence-corrected chi connectivity index (χ3v) is 3.16. The van der Waals surface area contributed by atoms with E-state index in [0.29, 0.717) is 0 Å². The summed E-state index contributed by atoms with van der Waals surface area (Å²) < 4.78 is 38.5. The Morgan fingerprint density at radius 1 is 1.42 bits per heavy atom. The predicted molar refractivity (Wildman–Crippen MR) is 64.4 cm³/mol. The highest BCUT2D eigenvalue weighted by Crippen LogP contribution is 2.37. The predicted octanol–water partition coefficient (Wildman–Crippen LogP) is 2.23. The first-order valence-corrected chi connectivity index (χ1v) is 5.80. The number of halogens is 3. The van der Waals surface area contributed by atoms with E-state index in [9.17, 15) is 18.0 Å². The molecular weight excluding hydrogens is 259 g/mol. The van der Waals surface area contributed by atoms with Gasteiger partial charge < -0.3 is 10.3 Å². The molecule has 0 atom stereocenters. The van der Waals surface area contributed by atoms with Gasteiger partial charge >= 0.3 is 6.18 Å². The lowest BCUT2D eigenvalue weighted by molar-refractivity contribution is -0.137. The van der Waals surface area contributed by atoms with Gasteiger partial charge in [0.05, 0.1) is 16.8 Å². The maximum atomic E-state index is 12.8. The van der Waals surface area contributed by atoms with Crippen LogP contribution in [0.1, 0.15) is 28.8 Å². The van der Waals surface area contributed by atoms with Crippen molar-refractivity contribution in [3.63, 3.8) is 0 Å². The highest BCUT2D eigenvalue weighted by molar-refractivity contribution is 6.00. The van der Waals surface area contributed by atoms with E-state index in [4.69, 9.17) is 5.84 Å². The van der Waals surface area contributed by atoms with Gasteiger partial charge in [0.1, 0.15) is 0 Å². The molecular formula is C12H14F3N3O. The van der Waals surface area contributed by atoms with Crippen LogP contribution < -0.4 is 11.3 Å². The van der Waals surface area contributed by atoms with Crippen LogP contribution in [0.25, 0.3) is 0 Å². The highest BCUT2D eigenvalue weighted by Gasteiger charge is 2.37. The summed E-state index contributed by atoms with van der Waals surface area (Å²) in [6, 6.07) is 3.56. The van der Waals surface area contributed by atoms with Crippen molar-refractivity contribution in [2.45, 2.75) is 25.1 Å². The quantitative estimate of drug-likeness (QED) is 0.656. The maximum absolute atomic E-state index is 12.8. The van der Waals surface area contributed by atoms with Crippen LogP contribution >= 0.6 is 0 Å². The van der Waals surface area contributed by atoms with Gasteiger partial charge in [-0.05, 0) is 25.0 Å². The molecule has 4 nitrogen and oxygen atoms in total. The fraction of sp³-hybridized carbons (Fsp3) is 0.417. The van der Waals surface area contributed by atoms with Crippen molar-refractivity contribution in [2.24, 2.45) is 5.84 Å². The molecule has 0 aromatic heterocycles. The summed E-state index contributed by atoms with van der Waals surface area (Å²) in [6.45, 7) is 0. The second-order valence-electron chi connectivity index (χ2n) is 4.52. The number of anilines is 1. The number of rotatable bonds is 3. The van der Waals surface area contributed by atoms with Gasteiger partial charge in [0.15, 0.2) is 0 Å². The molecule has 0 unspecified atom stereocenters. The third-order valence-electron chi connectivity index (χ3n) is 3.16.